The number of halogens is 2. The third-order valence-corrected chi connectivity index (χ3v) is 4.27. The van der Waals surface area contributed by atoms with E-state index in [-0.39, 0.29) is 12.1 Å². The molecule has 0 radical (unpaired) electrons. The smallest absolute Gasteiger partial charge is 0.217 e. The van der Waals surface area contributed by atoms with Gasteiger partial charge in [0.15, 0.2) is 5.82 Å². The van der Waals surface area contributed by atoms with Crippen molar-refractivity contribution in [3.63, 3.8) is 0 Å². The predicted octanol–water partition coefficient (Wildman–Crippen LogP) is 4.37. The molecule has 0 saturated heterocycles. The maximum atomic E-state index is 13.9. The highest BCUT2D eigenvalue weighted by atomic mass is 32.1. The van der Waals surface area contributed by atoms with Crippen molar-refractivity contribution >= 4 is 12.2 Å². The zero-order valence-corrected chi connectivity index (χ0v) is 14.6. The summed E-state index contributed by atoms with van der Waals surface area (Å²) in [5, 5.41) is 3.15. The standard InChI is InChI=1S/C18H18F2N4S/c1-2-23(11-14-15(19)9-6-10-16(14)20)12-24-18(25)21-17(22-24)13-7-4-3-5-8-13/h3-10H,2,11-12H2,1H3,(H,21,22,25). The first kappa shape index (κ1) is 17.4. The van der Waals surface area contributed by atoms with Crippen LogP contribution in [-0.4, -0.2) is 26.2 Å². The second-order valence-corrected chi connectivity index (χ2v) is 6.00. The van der Waals surface area contributed by atoms with E-state index in [1.165, 1.54) is 18.2 Å². The lowest BCUT2D eigenvalue weighted by Gasteiger charge is -2.21. The van der Waals surface area contributed by atoms with E-state index < -0.39 is 11.6 Å². The van der Waals surface area contributed by atoms with Crippen LogP contribution in [0, 0.1) is 16.4 Å². The molecule has 0 spiro atoms. The molecule has 1 heterocycles. The Hall–Kier alpha value is -2.38. The van der Waals surface area contributed by atoms with Gasteiger partial charge in [-0.05, 0) is 30.9 Å². The molecule has 2 aromatic carbocycles. The fraction of sp³-hybridized carbons (Fsp3) is 0.222. The highest BCUT2D eigenvalue weighted by Crippen LogP contribution is 2.17. The zero-order valence-electron chi connectivity index (χ0n) is 13.7. The van der Waals surface area contributed by atoms with Crippen LogP contribution in [0.5, 0.6) is 0 Å². The molecule has 1 N–H and O–H groups in total. The highest BCUT2D eigenvalue weighted by molar-refractivity contribution is 7.71. The van der Waals surface area contributed by atoms with Gasteiger partial charge in [0.1, 0.15) is 11.6 Å². The molecule has 0 fully saturated rings. The van der Waals surface area contributed by atoms with Gasteiger partial charge in [0.2, 0.25) is 4.77 Å². The van der Waals surface area contributed by atoms with E-state index in [9.17, 15) is 8.78 Å². The Morgan fingerprint density at radius 3 is 2.40 bits per heavy atom. The second kappa shape index (κ2) is 7.67. The number of benzene rings is 2. The summed E-state index contributed by atoms with van der Waals surface area (Å²) in [5.41, 5.74) is 0.981. The minimum absolute atomic E-state index is 0.0543. The molecule has 4 nitrogen and oxygen atoms in total. The van der Waals surface area contributed by atoms with Crippen LogP contribution in [0.3, 0.4) is 0 Å². The summed E-state index contributed by atoms with van der Waals surface area (Å²) < 4.78 is 29.8. The Labute approximate surface area is 149 Å². The average molecular weight is 360 g/mol. The second-order valence-electron chi connectivity index (χ2n) is 5.64. The van der Waals surface area contributed by atoms with Crippen LogP contribution in [0.25, 0.3) is 11.4 Å². The van der Waals surface area contributed by atoms with Gasteiger partial charge < -0.3 is 0 Å². The van der Waals surface area contributed by atoms with E-state index in [0.29, 0.717) is 23.8 Å². The van der Waals surface area contributed by atoms with Gasteiger partial charge in [-0.15, -0.1) is 0 Å². The van der Waals surface area contributed by atoms with Gasteiger partial charge in [0.25, 0.3) is 0 Å². The highest BCUT2D eigenvalue weighted by Gasteiger charge is 2.14. The van der Waals surface area contributed by atoms with Crippen LogP contribution in [0.15, 0.2) is 48.5 Å². The third kappa shape index (κ3) is 4.00. The van der Waals surface area contributed by atoms with Crippen LogP contribution in [-0.2, 0) is 13.2 Å². The molecule has 25 heavy (non-hydrogen) atoms. The SMILES string of the molecule is CCN(Cc1c(F)cccc1F)Cn1[nH]c(-c2ccccc2)nc1=S. The first-order chi connectivity index (χ1) is 12.1. The van der Waals surface area contributed by atoms with Crippen molar-refractivity contribution in [3.8, 4) is 11.4 Å². The molecule has 0 amide bonds. The minimum atomic E-state index is -0.545. The Kier molecular flexibility index (Phi) is 5.35. The molecular formula is C18H18F2N4S. The molecule has 130 valence electrons. The minimum Gasteiger partial charge on any atom is -0.280 e. The molecular weight excluding hydrogens is 342 g/mol. The Bertz CT molecular complexity index is 885. The first-order valence-electron chi connectivity index (χ1n) is 7.96. The Morgan fingerprint density at radius 2 is 1.76 bits per heavy atom. The molecule has 3 aromatic rings. The van der Waals surface area contributed by atoms with E-state index in [0.717, 1.165) is 5.56 Å². The van der Waals surface area contributed by atoms with Crippen LogP contribution >= 0.6 is 12.2 Å². The lowest BCUT2D eigenvalue weighted by atomic mass is 10.2. The molecule has 0 aliphatic rings. The van der Waals surface area contributed by atoms with E-state index in [1.807, 2.05) is 42.2 Å². The van der Waals surface area contributed by atoms with Gasteiger partial charge in [0, 0.05) is 17.7 Å². The van der Waals surface area contributed by atoms with Gasteiger partial charge in [-0.3, -0.25) is 10.00 Å². The number of nitrogens with zero attached hydrogens (tertiary/aromatic N) is 3. The molecule has 1 aromatic heterocycles. The summed E-state index contributed by atoms with van der Waals surface area (Å²) in [4.78, 5) is 6.24. The maximum Gasteiger partial charge on any atom is 0.217 e. The van der Waals surface area contributed by atoms with E-state index in [1.54, 1.807) is 4.68 Å². The molecule has 0 bridgehead atoms. The van der Waals surface area contributed by atoms with Crippen LogP contribution in [0.1, 0.15) is 12.5 Å². The summed E-state index contributed by atoms with van der Waals surface area (Å²) in [5.74, 6) is -0.424. The summed E-state index contributed by atoms with van der Waals surface area (Å²) >= 11 is 5.30. The predicted molar refractivity (Wildman–Crippen MR) is 95.3 cm³/mol. The lowest BCUT2D eigenvalue weighted by Crippen LogP contribution is -2.27. The fourth-order valence-electron chi connectivity index (χ4n) is 2.55. The topological polar surface area (TPSA) is 36.9 Å². The van der Waals surface area contributed by atoms with Crippen LogP contribution in [0.2, 0.25) is 0 Å². The first-order valence-corrected chi connectivity index (χ1v) is 8.37. The van der Waals surface area contributed by atoms with Crippen molar-refractivity contribution in [2.45, 2.75) is 20.1 Å². The average Bonchev–Trinajstić information content (AvgIpc) is 2.98. The van der Waals surface area contributed by atoms with Crippen molar-refractivity contribution in [3.05, 3.63) is 70.5 Å². The molecule has 3 rings (SSSR count). The number of hydrogen-bond acceptors (Lipinski definition) is 3. The maximum absolute atomic E-state index is 13.9. The number of H-pyrrole nitrogens is 1. The number of aromatic nitrogens is 3. The van der Waals surface area contributed by atoms with Gasteiger partial charge in [-0.2, -0.15) is 4.98 Å². The van der Waals surface area contributed by atoms with Gasteiger partial charge in [-0.1, -0.05) is 43.3 Å². The number of hydrogen-bond donors (Lipinski definition) is 1. The molecule has 0 aliphatic heterocycles. The van der Waals surface area contributed by atoms with Crippen LogP contribution in [0.4, 0.5) is 8.78 Å². The summed E-state index contributed by atoms with van der Waals surface area (Å²) in [6.07, 6.45) is 0. The Morgan fingerprint density at radius 1 is 1.08 bits per heavy atom. The molecule has 0 saturated carbocycles. The van der Waals surface area contributed by atoms with Gasteiger partial charge in [-0.25, -0.2) is 13.5 Å². The summed E-state index contributed by atoms with van der Waals surface area (Å²) in [6.45, 7) is 3.05. The van der Waals surface area contributed by atoms with Crippen molar-refractivity contribution in [1.29, 1.82) is 0 Å². The van der Waals surface area contributed by atoms with Crippen molar-refractivity contribution in [2.75, 3.05) is 6.54 Å². The van der Waals surface area contributed by atoms with Crippen LogP contribution < -0.4 is 0 Å². The van der Waals surface area contributed by atoms with E-state index >= 15 is 0 Å². The number of rotatable bonds is 6. The largest absolute Gasteiger partial charge is 0.280 e. The van der Waals surface area contributed by atoms with Crippen molar-refractivity contribution in [2.24, 2.45) is 0 Å². The van der Waals surface area contributed by atoms with Crippen molar-refractivity contribution < 1.29 is 8.78 Å². The lowest BCUT2D eigenvalue weighted by molar-refractivity contribution is 0.202. The molecule has 0 aliphatic carbocycles. The third-order valence-electron chi connectivity index (χ3n) is 3.96. The van der Waals surface area contributed by atoms with Gasteiger partial charge >= 0.3 is 0 Å². The summed E-state index contributed by atoms with van der Waals surface area (Å²) in [6, 6.07) is 13.5. The van der Waals surface area contributed by atoms with Gasteiger partial charge in [0.05, 0.1) is 6.67 Å². The zero-order chi connectivity index (χ0) is 17.8. The molecule has 0 atom stereocenters. The normalized spacial score (nSPS) is 11.2. The summed E-state index contributed by atoms with van der Waals surface area (Å²) in [7, 11) is 0. The van der Waals surface area contributed by atoms with Crippen molar-refractivity contribution in [1.82, 2.24) is 19.7 Å². The molecule has 7 heteroatoms. The quantitative estimate of drug-likeness (QED) is 0.664. The van der Waals surface area contributed by atoms with E-state index in [2.05, 4.69) is 10.1 Å². The number of aromatic amines is 1. The molecule has 0 unspecified atom stereocenters. The van der Waals surface area contributed by atoms with E-state index in [4.69, 9.17) is 12.2 Å². The number of nitrogens with one attached hydrogen (secondary N) is 1. The fourth-order valence-corrected chi connectivity index (χ4v) is 2.74. The Balaban J connectivity index is 1.81. The monoisotopic (exact) mass is 360 g/mol.